The predicted octanol–water partition coefficient (Wildman–Crippen LogP) is 3.28. The molecule has 32 heavy (non-hydrogen) atoms. The number of rotatable bonds is 9. The summed E-state index contributed by atoms with van der Waals surface area (Å²) in [5.41, 5.74) is 2.92. The van der Waals surface area contributed by atoms with E-state index < -0.39 is 28.5 Å². The van der Waals surface area contributed by atoms with Crippen molar-refractivity contribution in [3.8, 4) is 0 Å². The van der Waals surface area contributed by atoms with Crippen LogP contribution in [0.2, 0.25) is 5.02 Å². The maximum Gasteiger partial charge on any atom is 0.244 e. The third-order valence-electron chi connectivity index (χ3n) is 5.21. The quantitative estimate of drug-likeness (QED) is 0.598. The van der Waals surface area contributed by atoms with Crippen LogP contribution in [0.1, 0.15) is 30.0 Å². The number of nitrogens with one attached hydrogen (secondary N) is 1. The molecule has 0 saturated heterocycles. The first-order valence-corrected chi connectivity index (χ1v) is 12.5. The lowest BCUT2D eigenvalue weighted by Gasteiger charge is -2.33. The van der Waals surface area contributed by atoms with Crippen molar-refractivity contribution in [3.05, 3.63) is 64.2 Å². The Labute approximate surface area is 195 Å². The number of hydrogen-bond donors (Lipinski definition) is 1. The zero-order valence-electron chi connectivity index (χ0n) is 19.1. The molecule has 174 valence electrons. The number of sulfonamides is 1. The lowest BCUT2D eigenvalue weighted by molar-refractivity contribution is -0.140. The zero-order valence-corrected chi connectivity index (χ0v) is 20.6. The van der Waals surface area contributed by atoms with Gasteiger partial charge in [-0.1, -0.05) is 48.4 Å². The van der Waals surface area contributed by atoms with E-state index >= 15 is 0 Å². The van der Waals surface area contributed by atoms with Gasteiger partial charge in [-0.3, -0.25) is 13.9 Å². The number of likely N-dealkylation sites (N-methyl/N-ethyl adjacent to an activating group) is 1. The molecule has 0 saturated carbocycles. The van der Waals surface area contributed by atoms with Gasteiger partial charge in [-0.2, -0.15) is 0 Å². The van der Waals surface area contributed by atoms with E-state index in [0.29, 0.717) is 22.7 Å². The summed E-state index contributed by atoms with van der Waals surface area (Å²) in [5, 5.41) is 3.07. The van der Waals surface area contributed by atoms with Gasteiger partial charge in [0.1, 0.15) is 12.6 Å². The molecule has 1 unspecified atom stereocenters. The van der Waals surface area contributed by atoms with Crippen molar-refractivity contribution in [2.45, 2.75) is 39.8 Å². The average Bonchev–Trinajstić information content (AvgIpc) is 2.72. The lowest BCUT2D eigenvalue weighted by Crippen LogP contribution is -2.51. The molecule has 0 aromatic heterocycles. The highest BCUT2D eigenvalue weighted by Gasteiger charge is 2.31. The summed E-state index contributed by atoms with van der Waals surface area (Å²) in [4.78, 5) is 27.4. The molecule has 9 heteroatoms. The van der Waals surface area contributed by atoms with Gasteiger partial charge in [-0.25, -0.2) is 8.42 Å². The third-order valence-corrected chi connectivity index (χ3v) is 6.57. The van der Waals surface area contributed by atoms with E-state index in [1.807, 2.05) is 38.1 Å². The van der Waals surface area contributed by atoms with Crippen molar-refractivity contribution >= 4 is 39.1 Å². The summed E-state index contributed by atoms with van der Waals surface area (Å²) < 4.78 is 26.2. The Balaban J connectivity index is 2.45. The second-order valence-corrected chi connectivity index (χ2v) is 10.1. The highest BCUT2D eigenvalue weighted by Crippen LogP contribution is 2.26. The molecule has 0 aliphatic rings. The van der Waals surface area contributed by atoms with Crippen molar-refractivity contribution in [1.82, 2.24) is 10.2 Å². The fraction of sp³-hybridized carbons (Fsp3) is 0.391. The van der Waals surface area contributed by atoms with Crippen LogP contribution in [0.25, 0.3) is 0 Å². The van der Waals surface area contributed by atoms with Crippen molar-refractivity contribution in [1.29, 1.82) is 0 Å². The summed E-state index contributed by atoms with van der Waals surface area (Å²) in [6.07, 6.45) is 1.44. The van der Waals surface area contributed by atoms with Gasteiger partial charge in [0.25, 0.3) is 0 Å². The number of anilines is 1. The van der Waals surface area contributed by atoms with Gasteiger partial charge in [0.15, 0.2) is 0 Å². The molecule has 0 radical (unpaired) electrons. The predicted molar refractivity (Wildman–Crippen MR) is 128 cm³/mol. The minimum absolute atomic E-state index is 0.183. The first kappa shape index (κ1) is 25.7. The van der Waals surface area contributed by atoms with E-state index in [-0.39, 0.29) is 12.5 Å². The van der Waals surface area contributed by atoms with Crippen molar-refractivity contribution in [2.24, 2.45) is 0 Å². The molecule has 2 aromatic rings. The molecule has 0 bridgehead atoms. The molecule has 1 atom stereocenters. The van der Waals surface area contributed by atoms with E-state index in [0.717, 1.165) is 21.7 Å². The van der Waals surface area contributed by atoms with Gasteiger partial charge in [0.05, 0.1) is 11.9 Å². The molecule has 2 aromatic carbocycles. The fourth-order valence-corrected chi connectivity index (χ4v) is 4.60. The summed E-state index contributed by atoms with van der Waals surface area (Å²) in [6.45, 7) is 5.26. The largest absolute Gasteiger partial charge is 0.357 e. The Morgan fingerprint density at radius 1 is 1.09 bits per heavy atom. The van der Waals surface area contributed by atoms with Gasteiger partial charge < -0.3 is 10.2 Å². The van der Waals surface area contributed by atoms with Crippen molar-refractivity contribution < 1.29 is 18.0 Å². The number of aryl methyl sites for hydroxylation is 2. The summed E-state index contributed by atoms with van der Waals surface area (Å²) in [6, 6.07) is 11.7. The lowest BCUT2D eigenvalue weighted by atomic mass is 10.1. The molecular formula is C23H30ClN3O4S. The average molecular weight is 480 g/mol. The topological polar surface area (TPSA) is 86.8 Å². The van der Waals surface area contributed by atoms with E-state index in [2.05, 4.69) is 5.32 Å². The number of benzene rings is 2. The SMILES string of the molecule is CCC(C(=O)NC)N(Cc1ccc(C)cc1)C(=O)CN(c1ccc(Cl)cc1C)S(C)(=O)=O. The smallest absolute Gasteiger partial charge is 0.244 e. The molecule has 7 nitrogen and oxygen atoms in total. The highest BCUT2D eigenvalue weighted by molar-refractivity contribution is 7.92. The Bertz CT molecular complexity index is 1070. The Morgan fingerprint density at radius 2 is 1.72 bits per heavy atom. The molecule has 0 spiro atoms. The van der Waals surface area contributed by atoms with E-state index in [9.17, 15) is 18.0 Å². The van der Waals surface area contributed by atoms with Gasteiger partial charge in [0.2, 0.25) is 21.8 Å². The minimum atomic E-state index is -3.78. The van der Waals surface area contributed by atoms with Crippen LogP contribution in [0, 0.1) is 13.8 Å². The molecule has 0 aliphatic heterocycles. The van der Waals surface area contributed by atoms with E-state index in [1.54, 1.807) is 25.1 Å². The number of amides is 2. The molecule has 0 aliphatic carbocycles. The van der Waals surface area contributed by atoms with Crippen LogP contribution in [-0.4, -0.2) is 51.0 Å². The highest BCUT2D eigenvalue weighted by atomic mass is 35.5. The number of hydrogen-bond acceptors (Lipinski definition) is 4. The van der Waals surface area contributed by atoms with Gasteiger partial charge in [-0.15, -0.1) is 0 Å². The second kappa shape index (κ2) is 10.8. The van der Waals surface area contributed by atoms with Crippen molar-refractivity contribution in [3.63, 3.8) is 0 Å². The fourth-order valence-electron chi connectivity index (χ4n) is 3.47. The summed E-state index contributed by atoms with van der Waals surface area (Å²) in [7, 11) is -2.26. The normalized spacial score (nSPS) is 12.2. The Kier molecular flexibility index (Phi) is 8.69. The van der Waals surface area contributed by atoms with E-state index in [4.69, 9.17) is 11.6 Å². The first-order chi connectivity index (χ1) is 15.0. The third kappa shape index (κ3) is 6.46. The van der Waals surface area contributed by atoms with Crippen molar-refractivity contribution in [2.75, 3.05) is 24.2 Å². The van der Waals surface area contributed by atoms with Crippen LogP contribution in [0.15, 0.2) is 42.5 Å². The van der Waals surface area contributed by atoms with Crippen LogP contribution in [0.4, 0.5) is 5.69 Å². The maximum absolute atomic E-state index is 13.5. The Morgan fingerprint density at radius 3 is 2.22 bits per heavy atom. The van der Waals surface area contributed by atoms with Gasteiger partial charge in [0, 0.05) is 18.6 Å². The molecule has 0 fully saturated rings. The first-order valence-electron chi connectivity index (χ1n) is 10.3. The molecule has 0 heterocycles. The molecular weight excluding hydrogens is 450 g/mol. The Hall–Kier alpha value is -2.58. The monoisotopic (exact) mass is 479 g/mol. The van der Waals surface area contributed by atoms with Crippen LogP contribution < -0.4 is 9.62 Å². The minimum Gasteiger partial charge on any atom is -0.357 e. The van der Waals surface area contributed by atoms with Crippen LogP contribution in [0.3, 0.4) is 0 Å². The molecule has 1 N–H and O–H groups in total. The number of nitrogens with zero attached hydrogens (tertiary/aromatic N) is 2. The second-order valence-electron chi connectivity index (χ2n) is 7.75. The van der Waals surface area contributed by atoms with Gasteiger partial charge in [-0.05, 0) is 49.6 Å². The maximum atomic E-state index is 13.5. The molecule has 2 rings (SSSR count). The van der Waals surface area contributed by atoms with Crippen LogP contribution in [-0.2, 0) is 26.2 Å². The standard InChI is InChI=1S/C23H30ClN3O4S/c1-6-20(23(29)25-4)26(14-18-9-7-16(2)8-10-18)22(28)15-27(32(5,30)31)21-12-11-19(24)13-17(21)3/h7-13,20H,6,14-15H2,1-5H3,(H,25,29). The summed E-state index contributed by atoms with van der Waals surface area (Å²) in [5.74, 6) is -0.776. The number of carbonyl (C=O) groups is 2. The number of carbonyl (C=O) groups excluding carboxylic acids is 2. The molecule has 2 amide bonds. The van der Waals surface area contributed by atoms with Crippen LogP contribution >= 0.6 is 11.6 Å². The van der Waals surface area contributed by atoms with Gasteiger partial charge >= 0.3 is 0 Å². The van der Waals surface area contributed by atoms with Crippen LogP contribution in [0.5, 0.6) is 0 Å². The summed E-state index contributed by atoms with van der Waals surface area (Å²) >= 11 is 6.02. The zero-order chi connectivity index (χ0) is 24.1. The number of halogens is 1. The van der Waals surface area contributed by atoms with E-state index in [1.165, 1.54) is 11.9 Å².